The van der Waals surface area contributed by atoms with Crippen molar-refractivity contribution in [3.05, 3.63) is 35.9 Å². The van der Waals surface area contributed by atoms with Gasteiger partial charge in [-0.25, -0.2) is 14.8 Å². The molecule has 0 radical (unpaired) electrons. The van der Waals surface area contributed by atoms with Crippen molar-refractivity contribution in [2.45, 2.75) is 44.7 Å². The summed E-state index contributed by atoms with van der Waals surface area (Å²) in [5.74, 6) is 0.168. The molecular formula is C18H20F3N7O3. The molecule has 3 aromatic rings. The van der Waals surface area contributed by atoms with E-state index in [0.29, 0.717) is 12.1 Å². The number of H-pyrrole nitrogens is 1. The molecule has 2 atom stereocenters. The zero-order valence-corrected chi connectivity index (χ0v) is 16.6. The van der Waals surface area contributed by atoms with E-state index in [1.54, 1.807) is 6.07 Å². The first kappa shape index (κ1) is 20.9. The third-order valence-corrected chi connectivity index (χ3v) is 4.51. The van der Waals surface area contributed by atoms with Crippen molar-refractivity contribution in [1.82, 2.24) is 29.9 Å². The Hall–Kier alpha value is -3.35. The number of alkyl halides is 3. The van der Waals surface area contributed by atoms with Gasteiger partial charge in [-0.1, -0.05) is 0 Å². The highest BCUT2D eigenvalue weighted by molar-refractivity contribution is 5.67. The van der Waals surface area contributed by atoms with Crippen molar-refractivity contribution in [2.75, 3.05) is 11.9 Å². The van der Waals surface area contributed by atoms with Gasteiger partial charge in [0.2, 0.25) is 5.95 Å². The van der Waals surface area contributed by atoms with E-state index in [2.05, 4.69) is 30.8 Å². The van der Waals surface area contributed by atoms with Crippen molar-refractivity contribution in [3.63, 3.8) is 0 Å². The zero-order chi connectivity index (χ0) is 22.2. The summed E-state index contributed by atoms with van der Waals surface area (Å²) < 4.78 is 51.8. The molecule has 0 aliphatic carbocycles. The predicted octanol–water partition coefficient (Wildman–Crippen LogP) is 3.18. The largest absolute Gasteiger partial charge is 0.444 e. The monoisotopic (exact) mass is 439 g/mol. The van der Waals surface area contributed by atoms with Gasteiger partial charge < -0.3 is 20.1 Å². The topological polar surface area (TPSA) is 118 Å². The number of carbonyl (C=O) groups is 1. The summed E-state index contributed by atoms with van der Waals surface area (Å²) in [6.45, 7) is 3.87. The lowest BCUT2D eigenvalue weighted by Crippen LogP contribution is -2.33. The molecule has 3 aromatic heterocycles. The smallest absolute Gasteiger partial charge is 0.433 e. The quantitative estimate of drug-likeness (QED) is 0.559. The van der Waals surface area contributed by atoms with Crippen LogP contribution >= 0.6 is 0 Å². The van der Waals surface area contributed by atoms with Crippen LogP contribution in [-0.2, 0) is 15.7 Å². The van der Waals surface area contributed by atoms with Crippen molar-refractivity contribution >= 4 is 23.5 Å². The van der Waals surface area contributed by atoms with Crippen LogP contribution in [0, 0.1) is 0 Å². The molecule has 0 aromatic carbocycles. The summed E-state index contributed by atoms with van der Waals surface area (Å²) in [5, 5.41) is 12.3. The van der Waals surface area contributed by atoms with Gasteiger partial charge in [-0.15, -0.1) is 0 Å². The molecule has 0 saturated carbocycles. The van der Waals surface area contributed by atoms with Gasteiger partial charge in [-0.3, -0.25) is 9.50 Å². The molecule has 1 aliphatic heterocycles. The summed E-state index contributed by atoms with van der Waals surface area (Å²) in [5.41, 5.74) is -0.380. The zero-order valence-electron chi connectivity index (χ0n) is 16.6. The minimum atomic E-state index is -4.62. The fraction of sp³-hybridized carbons (Fsp3) is 0.444. The minimum Gasteiger partial charge on any atom is -0.444 e. The number of amides is 1. The van der Waals surface area contributed by atoms with Gasteiger partial charge in [0, 0.05) is 37.0 Å². The predicted molar refractivity (Wildman–Crippen MR) is 102 cm³/mol. The maximum atomic E-state index is 13.1. The van der Waals surface area contributed by atoms with Crippen LogP contribution in [0.25, 0.3) is 5.65 Å². The van der Waals surface area contributed by atoms with Crippen LogP contribution in [-0.4, -0.2) is 49.4 Å². The van der Waals surface area contributed by atoms with Gasteiger partial charge in [0.05, 0.1) is 12.3 Å². The number of alkyl carbamates (subject to hydrolysis) is 1. The average Bonchev–Trinajstić information content (AvgIpc) is 3.39. The first-order valence-corrected chi connectivity index (χ1v) is 9.51. The van der Waals surface area contributed by atoms with Crippen LogP contribution in [0.15, 0.2) is 24.5 Å². The van der Waals surface area contributed by atoms with Crippen molar-refractivity contribution < 1.29 is 27.4 Å². The average molecular weight is 439 g/mol. The third-order valence-electron chi connectivity index (χ3n) is 4.51. The van der Waals surface area contributed by atoms with Crippen molar-refractivity contribution in [1.29, 1.82) is 0 Å². The summed E-state index contributed by atoms with van der Waals surface area (Å²) in [4.78, 5) is 19.3. The molecule has 1 fully saturated rings. The molecule has 0 spiro atoms. The number of hydrogen-bond acceptors (Lipinski definition) is 7. The molecule has 10 nitrogen and oxygen atoms in total. The number of aromatic amines is 1. The van der Waals surface area contributed by atoms with Crippen LogP contribution in [0.1, 0.15) is 37.8 Å². The highest BCUT2D eigenvalue weighted by atomic mass is 19.4. The number of nitrogens with zero attached hydrogens (tertiary/aromatic N) is 4. The Morgan fingerprint density at radius 1 is 1.39 bits per heavy atom. The van der Waals surface area contributed by atoms with Gasteiger partial charge >= 0.3 is 12.3 Å². The lowest BCUT2D eigenvalue weighted by molar-refractivity contribution is -0.141. The van der Waals surface area contributed by atoms with Gasteiger partial charge in [-0.05, 0) is 13.8 Å². The number of fused-ring (bicyclic) bond motifs is 1. The van der Waals surface area contributed by atoms with E-state index < -0.39 is 30.2 Å². The Morgan fingerprint density at radius 3 is 2.94 bits per heavy atom. The number of hydrogen-bond donors (Lipinski definition) is 3. The summed E-state index contributed by atoms with van der Waals surface area (Å²) in [6.07, 6.45) is -2.67. The van der Waals surface area contributed by atoms with Gasteiger partial charge in [0.1, 0.15) is 17.9 Å². The molecule has 166 valence electrons. The minimum absolute atomic E-state index is 0.0433. The number of carbonyl (C=O) groups excluding carboxylic acids is 1. The van der Waals surface area contributed by atoms with E-state index in [1.807, 2.05) is 13.8 Å². The first-order chi connectivity index (χ1) is 14.7. The number of rotatable bonds is 5. The highest BCUT2D eigenvalue weighted by Gasteiger charge is 2.34. The lowest BCUT2D eigenvalue weighted by Gasteiger charge is -2.13. The molecule has 1 saturated heterocycles. The molecule has 1 amide bonds. The first-order valence-electron chi connectivity index (χ1n) is 9.51. The standard InChI is InChI=1S/C18H20F3N7O3/c1-9(2)23-17(29)31-10-5-12(30-8-10)11-6-14(27-26-11)25-16-24-13(18(19,20)21)7-15-22-3-4-28(15)16/h3-4,6-7,9-10,12H,5,8H2,1-2H3,(H,23,29)(H2,24,25,26,27). The van der Waals surface area contributed by atoms with Crippen LogP contribution in [0.3, 0.4) is 0 Å². The van der Waals surface area contributed by atoms with E-state index in [-0.39, 0.29) is 30.1 Å². The van der Waals surface area contributed by atoms with E-state index in [0.717, 1.165) is 6.07 Å². The second-order valence-electron chi connectivity index (χ2n) is 7.34. The number of halogens is 3. The molecule has 31 heavy (non-hydrogen) atoms. The van der Waals surface area contributed by atoms with Crippen LogP contribution in [0.2, 0.25) is 0 Å². The van der Waals surface area contributed by atoms with E-state index >= 15 is 0 Å². The van der Waals surface area contributed by atoms with Gasteiger partial charge in [0.15, 0.2) is 11.5 Å². The van der Waals surface area contributed by atoms with Gasteiger partial charge in [-0.2, -0.15) is 18.3 Å². The molecule has 13 heteroatoms. The Balaban J connectivity index is 1.46. The fourth-order valence-electron chi connectivity index (χ4n) is 3.16. The Bertz CT molecular complexity index is 1080. The van der Waals surface area contributed by atoms with Crippen molar-refractivity contribution in [3.8, 4) is 0 Å². The van der Waals surface area contributed by atoms with E-state index in [9.17, 15) is 18.0 Å². The normalized spacial score (nSPS) is 19.2. The number of anilines is 2. The second kappa shape index (κ2) is 8.06. The molecule has 1 aliphatic rings. The maximum Gasteiger partial charge on any atom is 0.433 e. The molecule has 0 bridgehead atoms. The summed E-state index contributed by atoms with van der Waals surface area (Å²) in [6, 6.07) is 2.42. The number of imidazole rings is 1. The Morgan fingerprint density at radius 2 is 2.19 bits per heavy atom. The highest BCUT2D eigenvalue weighted by Crippen LogP contribution is 2.32. The second-order valence-corrected chi connectivity index (χ2v) is 7.34. The van der Waals surface area contributed by atoms with E-state index in [4.69, 9.17) is 9.47 Å². The van der Waals surface area contributed by atoms with Crippen LogP contribution in [0.5, 0.6) is 0 Å². The fourth-order valence-corrected chi connectivity index (χ4v) is 3.16. The lowest BCUT2D eigenvalue weighted by atomic mass is 10.1. The van der Waals surface area contributed by atoms with Gasteiger partial charge in [0.25, 0.3) is 0 Å². The Labute approximate surface area is 174 Å². The van der Waals surface area contributed by atoms with Crippen LogP contribution in [0.4, 0.5) is 29.7 Å². The van der Waals surface area contributed by atoms with E-state index in [1.165, 1.54) is 16.8 Å². The molecule has 4 heterocycles. The molecule has 2 unspecified atom stereocenters. The van der Waals surface area contributed by atoms with Crippen molar-refractivity contribution in [2.24, 2.45) is 0 Å². The molecule has 3 N–H and O–H groups in total. The van der Waals surface area contributed by atoms with Crippen LogP contribution < -0.4 is 10.6 Å². The third kappa shape index (κ3) is 4.71. The maximum absolute atomic E-state index is 13.1. The number of nitrogens with one attached hydrogen (secondary N) is 3. The molecular weight excluding hydrogens is 419 g/mol. The Kier molecular flexibility index (Phi) is 5.43. The SMILES string of the molecule is CC(C)NC(=O)OC1COC(c2cc(Nc3nc(C(F)(F)F)cc4nccn34)n[nH]2)C1. The molecule has 4 rings (SSSR count). The number of ether oxygens (including phenoxy) is 2. The summed E-state index contributed by atoms with van der Waals surface area (Å²) in [7, 11) is 0. The summed E-state index contributed by atoms with van der Waals surface area (Å²) >= 11 is 0. The number of aromatic nitrogens is 5.